The predicted molar refractivity (Wildman–Crippen MR) is 81.2 cm³/mol. The molecule has 0 spiro atoms. The zero-order chi connectivity index (χ0) is 15.4. The fourth-order valence-electron chi connectivity index (χ4n) is 3.11. The van der Waals surface area contributed by atoms with Crippen LogP contribution in [0.1, 0.15) is 18.4 Å². The summed E-state index contributed by atoms with van der Waals surface area (Å²) >= 11 is 0. The average Bonchev–Trinajstić information content (AvgIpc) is 2.59. The van der Waals surface area contributed by atoms with E-state index in [0.717, 1.165) is 18.7 Å². The quantitative estimate of drug-likeness (QED) is 0.865. The summed E-state index contributed by atoms with van der Waals surface area (Å²) < 4.78 is 5.27. The van der Waals surface area contributed by atoms with Gasteiger partial charge in [-0.15, -0.1) is 0 Å². The van der Waals surface area contributed by atoms with Crippen molar-refractivity contribution in [3.8, 4) is 0 Å². The van der Waals surface area contributed by atoms with E-state index in [1.54, 1.807) is 12.4 Å². The summed E-state index contributed by atoms with van der Waals surface area (Å²) in [7, 11) is 0. The minimum atomic E-state index is -0.813. The number of hydrogen-bond acceptors (Lipinski definition) is 5. The third-order valence-electron chi connectivity index (χ3n) is 4.60. The van der Waals surface area contributed by atoms with E-state index < -0.39 is 5.60 Å². The second kappa shape index (κ2) is 6.73. The van der Waals surface area contributed by atoms with Crippen LogP contribution < -0.4 is 0 Å². The van der Waals surface area contributed by atoms with Gasteiger partial charge in [0.1, 0.15) is 0 Å². The first-order chi connectivity index (χ1) is 10.7. The van der Waals surface area contributed by atoms with E-state index in [2.05, 4.69) is 9.88 Å². The molecule has 0 aliphatic carbocycles. The van der Waals surface area contributed by atoms with E-state index in [-0.39, 0.29) is 5.91 Å². The van der Waals surface area contributed by atoms with E-state index in [0.29, 0.717) is 45.7 Å². The predicted octanol–water partition coefficient (Wildman–Crippen LogP) is 0.224. The van der Waals surface area contributed by atoms with Crippen molar-refractivity contribution < 1.29 is 14.6 Å². The SMILES string of the molecule is O=C(CN1CCC(O)(c2cccnc2)CC1)N1CCOCC1. The molecular formula is C16H23N3O3. The number of carbonyl (C=O) groups excluding carboxylic acids is 1. The fraction of sp³-hybridized carbons (Fsp3) is 0.625. The minimum absolute atomic E-state index is 0.162. The first-order valence-corrected chi connectivity index (χ1v) is 7.88. The molecule has 6 heteroatoms. The molecule has 0 saturated carbocycles. The van der Waals surface area contributed by atoms with Crippen molar-refractivity contribution in [3.63, 3.8) is 0 Å². The van der Waals surface area contributed by atoms with Crippen molar-refractivity contribution in [2.24, 2.45) is 0 Å². The van der Waals surface area contributed by atoms with Crippen molar-refractivity contribution in [2.45, 2.75) is 18.4 Å². The van der Waals surface area contributed by atoms with Crippen LogP contribution in [0.2, 0.25) is 0 Å². The number of carbonyl (C=O) groups is 1. The lowest BCUT2D eigenvalue weighted by atomic mass is 9.85. The van der Waals surface area contributed by atoms with E-state index in [1.807, 2.05) is 17.0 Å². The van der Waals surface area contributed by atoms with Crippen LogP contribution in [0.25, 0.3) is 0 Å². The van der Waals surface area contributed by atoms with E-state index >= 15 is 0 Å². The number of morpholine rings is 1. The van der Waals surface area contributed by atoms with Crippen LogP contribution in [-0.4, -0.2) is 71.7 Å². The highest BCUT2D eigenvalue weighted by Crippen LogP contribution is 2.32. The number of hydrogen-bond donors (Lipinski definition) is 1. The molecule has 3 rings (SSSR count). The number of nitrogens with zero attached hydrogens (tertiary/aromatic N) is 3. The van der Waals surface area contributed by atoms with E-state index in [4.69, 9.17) is 4.74 Å². The summed E-state index contributed by atoms with van der Waals surface area (Å²) in [6, 6.07) is 3.77. The topological polar surface area (TPSA) is 65.9 Å². The smallest absolute Gasteiger partial charge is 0.236 e. The lowest BCUT2D eigenvalue weighted by molar-refractivity contribution is -0.137. The van der Waals surface area contributed by atoms with Gasteiger partial charge >= 0.3 is 0 Å². The molecule has 2 aliphatic heterocycles. The van der Waals surface area contributed by atoms with Crippen LogP contribution in [0.4, 0.5) is 0 Å². The van der Waals surface area contributed by atoms with Gasteiger partial charge in [-0.3, -0.25) is 14.7 Å². The second-order valence-corrected chi connectivity index (χ2v) is 6.04. The summed E-state index contributed by atoms with van der Waals surface area (Å²) in [5.41, 5.74) is 0.0569. The van der Waals surface area contributed by atoms with Gasteiger partial charge in [-0.2, -0.15) is 0 Å². The maximum atomic E-state index is 12.3. The van der Waals surface area contributed by atoms with Gasteiger partial charge in [-0.05, 0) is 18.9 Å². The first-order valence-electron chi connectivity index (χ1n) is 7.88. The lowest BCUT2D eigenvalue weighted by Crippen LogP contribution is -2.49. The van der Waals surface area contributed by atoms with Crippen molar-refractivity contribution in [1.82, 2.24) is 14.8 Å². The third-order valence-corrected chi connectivity index (χ3v) is 4.60. The number of aromatic nitrogens is 1. The lowest BCUT2D eigenvalue weighted by Gasteiger charge is -2.39. The molecule has 3 heterocycles. The molecule has 120 valence electrons. The second-order valence-electron chi connectivity index (χ2n) is 6.04. The summed E-state index contributed by atoms with van der Waals surface area (Å²) in [4.78, 5) is 20.3. The van der Waals surface area contributed by atoms with Crippen molar-refractivity contribution in [1.29, 1.82) is 0 Å². The standard InChI is InChI=1S/C16H23N3O3/c20-15(19-8-10-22-11-9-19)13-18-6-3-16(21,4-7-18)14-2-1-5-17-12-14/h1-2,5,12,21H,3-4,6-11,13H2. The maximum absolute atomic E-state index is 12.3. The van der Waals surface area contributed by atoms with Gasteiger partial charge in [0.15, 0.2) is 0 Å². The Bertz CT molecular complexity index is 495. The Labute approximate surface area is 130 Å². The van der Waals surface area contributed by atoms with Crippen LogP contribution in [0.3, 0.4) is 0 Å². The molecule has 0 radical (unpaired) electrons. The highest BCUT2D eigenvalue weighted by atomic mass is 16.5. The average molecular weight is 305 g/mol. The van der Waals surface area contributed by atoms with Gasteiger partial charge in [0.2, 0.25) is 5.91 Å². The van der Waals surface area contributed by atoms with Gasteiger partial charge in [0.05, 0.1) is 25.4 Å². The van der Waals surface area contributed by atoms with Gasteiger partial charge in [0, 0.05) is 44.1 Å². The molecule has 1 aromatic rings. The minimum Gasteiger partial charge on any atom is -0.385 e. The van der Waals surface area contributed by atoms with E-state index in [1.165, 1.54) is 0 Å². The Morgan fingerprint density at radius 2 is 2.00 bits per heavy atom. The first kappa shape index (κ1) is 15.4. The third kappa shape index (κ3) is 3.45. The van der Waals surface area contributed by atoms with Crippen molar-refractivity contribution in [3.05, 3.63) is 30.1 Å². The molecule has 1 aromatic heterocycles. The van der Waals surface area contributed by atoms with Crippen LogP contribution in [0.5, 0.6) is 0 Å². The zero-order valence-electron chi connectivity index (χ0n) is 12.8. The number of rotatable bonds is 3. The van der Waals surface area contributed by atoms with Crippen LogP contribution in [-0.2, 0) is 15.1 Å². The fourth-order valence-corrected chi connectivity index (χ4v) is 3.11. The summed E-state index contributed by atoms with van der Waals surface area (Å²) in [5.74, 6) is 0.162. The molecule has 1 amide bonds. The number of aliphatic hydroxyl groups is 1. The summed E-state index contributed by atoms with van der Waals surface area (Å²) in [5, 5.41) is 10.8. The number of likely N-dealkylation sites (tertiary alicyclic amines) is 1. The summed E-state index contributed by atoms with van der Waals surface area (Å²) in [6.45, 7) is 4.52. The summed E-state index contributed by atoms with van der Waals surface area (Å²) in [6.07, 6.45) is 4.71. The van der Waals surface area contributed by atoms with Gasteiger partial charge in [0.25, 0.3) is 0 Å². The molecular weight excluding hydrogens is 282 g/mol. The number of ether oxygens (including phenoxy) is 1. The molecule has 0 atom stereocenters. The van der Waals surface area contributed by atoms with E-state index in [9.17, 15) is 9.90 Å². The van der Waals surface area contributed by atoms with Gasteiger partial charge in [-0.1, -0.05) is 6.07 Å². The Hall–Kier alpha value is -1.50. The Morgan fingerprint density at radius 3 is 2.64 bits per heavy atom. The highest BCUT2D eigenvalue weighted by Gasteiger charge is 2.35. The molecule has 2 aliphatic rings. The van der Waals surface area contributed by atoms with Gasteiger partial charge in [-0.25, -0.2) is 0 Å². The molecule has 2 fully saturated rings. The Kier molecular flexibility index (Phi) is 4.71. The number of pyridine rings is 1. The maximum Gasteiger partial charge on any atom is 0.236 e. The molecule has 0 aromatic carbocycles. The highest BCUT2D eigenvalue weighted by molar-refractivity contribution is 5.78. The zero-order valence-corrected chi connectivity index (χ0v) is 12.8. The van der Waals surface area contributed by atoms with Crippen LogP contribution in [0.15, 0.2) is 24.5 Å². The van der Waals surface area contributed by atoms with Crippen LogP contribution >= 0.6 is 0 Å². The van der Waals surface area contributed by atoms with Crippen molar-refractivity contribution in [2.75, 3.05) is 45.9 Å². The van der Waals surface area contributed by atoms with Gasteiger partial charge < -0.3 is 14.7 Å². The Balaban J connectivity index is 1.52. The monoisotopic (exact) mass is 305 g/mol. The molecule has 1 N–H and O–H groups in total. The molecule has 22 heavy (non-hydrogen) atoms. The Morgan fingerprint density at radius 1 is 1.27 bits per heavy atom. The molecule has 0 unspecified atom stereocenters. The largest absolute Gasteiger partial charge is 0.385 e. The van der Waals surface area contributed by atoms with Crippen molar-refractivity contribution >= 4 is 5.91 Å². The normalized spacial score (nSPS) is 22.5. The molecule has 0 bridgehead atoms. The number of piperidine rings is 1. The number of amides is 1. The molecule has 2 saturated heterocycles. The van der Waals surface area contributed by atoms with Crippen LogP contribution in [0, 0.1) is 0 Å². The molecule has 6 nitrogen and oxygen atoms in total.